The zero-order valence-electron chi connectivity index (χ0n) is 10.0. The minimum atomic E-state index is 0.711. The Morgan fingerprint density at radius 3 is 2.81 bits per heavy atom. The standard InChI is InChI=1S/C13H19NS2/c1-3-5-12(6-4-9-15-10-14)13-8-7-11(2)16-13/h7-8,12H,3-6,9H2,1-2H3. The number of aryl methyl sites for hydroxylation is 1. The first kappa shape index (κ1) is 13.6. The van der Waals surface area contributed by atoms with Gasteiger partial charge in [-0.3, -0.25) is 0 Å². The van der Waals surface area contributed by atoms with Gasteiger partial charge in [0.2, 0.25) is 0 Å². The summed E-state index contributed by atoms with van der Waals surface area (Å²) in [5.74, 6) is 1.68. The maximum absolute atomic E-state index is 8.47. The van der Waals surface area contributed by atoms with Crippen molar-refractivity contribution in [3.63, 3.8) is 0 Å². The molecule has 1 heterocycles. The molecule has 1 aromatic rings. The van der Waals surface area contributed by atoms with E-state index in [1.165, 1.54) is 40.8 Å². The van der Waals surface area contributed by atoms with Crippen molar-refractivity contribution >= 4 is 23.1 Å². The Balaban J connectivity index is 2.45. The summed E-state index contributed by atoms with van der Waals surface area (Å²) in [7, 11) is 0. The van der Waals surface area contributed by atoms with Crippen LogP contribution < -0.4 is 0 Å². The molecule has 88 valence electrons. The van der Waals surface area contributed by atoms with Gasteiger partial charge in [0.1, 0.15) is 5.40 Å². The van der Waals surface area contributed by atoms with Crippen LogP contribution in [0.2, 0.25) is 0 Å². The third-order valence-corrected chi connectivity index (χ3v) is 4.45. The van der Waals surface area contributed by atoms with E-state index in [0.717, 1.165) is 12.2 Å². The Kier molecular flexibility index (Phi) is 6.59. The number of thiophene rings is 1. The number of thiocyanates is 1. The van der Waals surface area contributed by atoms with Crippen LogP contribution in [0, 0.1) is 17.6 Å². The zero-order valence-corrected chi connectivity index (χ0v) is 11.7. The molecule has 0 N–H and O–H groups in total. The quantitative estimate of drug-likeness (QED) is 0.508. The summed E-state index contributed by atoms with van der Waals surface area (Å²) < 4.78 is 0. The van der Waals surface area contributed by atoms with Gasteiger partial charge in [0.05, 0.1) is 0 Å². The van der Waals surface area contributed by atoms with Gasteiger partial charge in [0.25, 0.3) is 0 Å². The predicted molar refractivity (Wildman–Crippen MR) is 74.0 cm³/mol. The average molecular weight is 253 g/mol. The Hall–Kier alpha value is -0.460. The lowest BCUT2D eigenvalue weighted by Crippen LogP contribution is -1.97. The lowest BCUT2D eigenvalue weighted by molar-refractivity contribution is 0.571. The summed E-state index contributed by atoms with van der Waals surface area (Å²) >= 11 is 3.31. The maximum atomic E-state index is 8.47. The molecule has 0 bridgehead atoms. The Morgan fingerprint density at radius 2 is 2.25 bits per heavy atom. The molecule has 0 aromatic carbocycles. The van der Waals surface area contributed by atoms with Crippen LogP contribution in [0.1, 0.15) is 48.3 Å². The van der Waals surface area contributed by atoms with Crippen molar-refractivity contribution < 1.29 is 0 Å². The molecule has 0 saturated heterocycles. The van der Waals surface area contributed by atoms with Crippen molar-refractivity contribution in [2.75, 3.05) is 5.75 Å². The summed E-state index contributed by atoms with van der Waals surface area (Å²) in [5, 5.41) is 10.6. The van der Waals surface area contributed by atoms with Crippen molar-refractivity contribution in [2.45, 2.75) is 45.4 Å². The number of hydrogen-bond donors (Lipinski definition) is 0. The second-order valence-corrected chi connectivity index (χ2v) is 6.21. The highest BCUT2D eigenvalue weighted by Crippen LogP contribution is 2.32. The minimum absolute atomic E-state index is 0.711. The van der Waals surface area contributed by atoms with E-state index in [-0.39, 0.29) is 0 Å². The first-order chi connectivity index (χ1) is 7.77. The third-order valence-electron chi connectivity index (χ3n) is 2.66. The Bertz CT molecular complexity index is 338. The minimum Gasteiger partial charge on any atom is -0.185 e. The lowest BCUT2D eigenvalue weighted by Gasteiger charge is -2.13. The molecular formula is C13H19NS2. The van der Waals surface area contributed by atoms with Gasteiger partial charge in [-0.2, -0.15) is 5.26 Å². The van der Waals surface area contributed by atoms with Crippen molar-refractivity contribution in [3.8, 4) is 5.40 Å². The van der Waals surface area contributed by atoms with Crippen LogP contribution in [0.5, 0.6) is 0 Å². The fourth-order valence-electron chi connectivity index (χ4n) is 1.90. The SMILES string of the molecule is CCCC(CCCSC#N)c1ccc(C)s1. The Morgan fingerprint density at radius 1 is 1.44 bits per heavy atom. The van der Waals surface area contributed by atoms with E-state index in [9.17, 15) is 0 Å². The van der Waals surface area contributed by atoms with E-state index >= 15 is 0 Å². The number of nitrogens with zero attached hydrogens (tertiary/aromatic N) is 1. The van der Waals surface area contributed by atoms with Crippen LogP contribution in [0.15, 0.2) is 12.1 Å². The fourth-order valence-corrected chi connectivity index (χ4v) is 3.35. The second kappa shape index (κ2) is 7.76. The highest BCUT2D eigenvalue weighted by molar-refractivity contribution is 8.03. The molecule has 1 aromatic heterocycles. The lowest BCUT2D eigenvalue weighted by atomic mass is 9.97. The van der Waals surface area contributed by atoms with Crippen molar-refractivity contribution in [1.82, 2.24) is 0 Å². The molecule has 1 atom stereocenters. The second-order valence-electron chi connectivity index (χ2n) is 4.02. The largest absolute Gasteiger partial charge is 0.185 e. The molecule has 0 amide bonds. The molecule has 0 aliphatic heterocycles. The number of hydrogen-bond acceptors (Lipinski definition) is 3. The van der Waals surface area contributed by atoms with Gasteiger partial charge in [-0.1, -0.05) is 13.3 Å². The average Bonchev–Trinajstić information content (AvgIpc) is 2.69. The molecule has 0 radical (unpaired) electrons. The van der Waals surface area contributed by atoms with Gasteiger partial charge in [0.15, 0.2) is 0 Å². The van der Waals surface area contributed by atoms with Gasteiger partial charge in [-0.05, 0) is 56.0 Å². The molecule has 3 heteroatoms. The van der Waals surface area contributed by atoms with Gasteiger partial charge >= 0.3 is 0 Å². The number of thioether (sulfide) groups is 1. The van der Waals surface area contributed by atoms with Crippen LogP contribution in [-0.4, -0.2) is 5.75 Å². The van der Waals surface area contributed by atoms with E-state index in [1.807, 2.05) is 11.3 Å². The molecule has 16 heavy (non-hydrogen) atoms. The molecule has 1 nitrogen and oxygen atoms in total. The number of nitriles is 1. The summed E-state index contributed by atoms with van der Waals surface area (Å²) in [5.41, 5.74) is 0. The summed E-state index contributed by atoms with van der Waals surface area (Å²) in [6.45, 7) is 4.42. The normalized spacial score (nSPS) is 12.3. The van der Waals surface area contributed by atoms with Crippen LogP contribution >= 0.6 is 23.1 Å². The molecule has 0 fully saturated rings. The van der Waals surface area contributed by atoms with Crippen LogP contribution in [0.4, 0.5) is 0 Å². The van der Waals surface area contributed by atoms with Crippen LogP contribution in [-0.2, 0) is 0 Å². The van der Waals surface area contributed by atoms with Crippen molar-refractivity contribution in [3.05, 3.63) is 21.9 Å². The van der Waals surface area contributed by atoms with Gasteiger partial charge < -0.3 is 0 Å². The molecule has 0 saturated carbocycles. The van der Waals surface area contributed by atoms with Gasteiger partial charge in [-0.25, -0.2) is 0 Å². The van der Waals surface area contributed by atoms with E-state index < -0.39 is 0 Å². The van der Waals surface area contributed by atoms with Crippen molar-refractivity contribution in [1.29, 1.82) is 5.26 Å². The van der Waals surface area contributed by atoms with E-state index in [2.05, 4.69) is 31.4 Å². The molecule has 0 aliphatic rings. The monoisotopic (exact) mass is 253 g/mol. The predicted octanol–water partition coefficient (Wildman–Crippen LogP) is 4.93. The number of rotatable bonds is 7. The third kappa shape index (κ3) is 4.59. The first-order valence-corrected chi connectivity index (χ1v) is 7.65. The van der Waals surface area contributed by atoms with Crippen LogP contribution in [0.25, 0.3) is 0 Å². The molecule has 1 unspecified atom stereocenters. The van der Waals surface area contributed by atoms with Gasteiger partial charge in [0, 0.05) is 15.5 Å². The fraction of sp³-hybridized carbons (Fsp3) is 0.615. The molecule has 1 rings (SSSR count). The van der Waals surface area contributed by atoms with Gasteiger partial charge in [-0.15, -0.1) is 11.3 Å². The van der Waals surface area contributed by atoms with E-state index in [1.54, 1.807) is 0 Å². The van der Waals surface area contributed by atoms with Crippen molar-refractivity contribution in [2.24, 2.45) is 0 Å². The molecule has 0 aliphatic carbocycles. The summed E-state index contributed by atoms with van der Waals surface area (Å²) in [6.07, 6.45) is 4.90. The smallest absolute Gasteiger partial charge is 0.133 e. The first-order valence-electron chi connectivity index (χ1n) is 5.85. The van der Waals surface area contributed by atoms with Crippen LogP contribution in [0.3, 0.4) is 0 Å². The molecular weight excluding hydrogens is 234 g/mol. The highest BCUT2D eigenvalue weighted by Gasteiger charge is 2.12. The highest BCUT2D eigenvalue weighted by atomic mass is 32.2. The summed E-state index contributed by atoms with van der Waals surface area (Å²) in [6, 6.07) is 4.49. The zero-order chi connectivity index (χ0) is 11.8. The maximum Gasteiger partial charge on any atom is 0.133 e. The topological polar surface area (TPSA) is 23.8 Å². The Labute approximate surface area is 107 Å². The van der Waals surface area contributed by atoms with E-state index in [0.29, 0.717) is 5.92 Å². The van der Waals surface area contributed by atoms with E-state index in [4.69, 9.17) is 5.26 Å². The summed E-state index contributed by atoms with van der Waals surface area (Å²) in [4.78, 5) is 2.93. The molecule has 0 spiro atoms.